The fourth-order valence-corrected chi connectivity index (χ4v) is 3.30. The summed E-state index contributed by atoms with van der Waals surface area (Å²) in [4.78, 5) is 5.68. The minimum absolute atomic E-state index is 0.623. The Kier molecular flexibility index (Phi) is 2.47. The maximum atomic E-state index is 5.93. The Balaban J connectivity index is 1.81. The third-order valence-corrected chi connectivity index (χ3v) is 4.42. The highest BCUT2D eigenvalue weighted by atomic mass is 35.5. The van der Waals surface area contributed by atoms with E-state index in [4.69, 9.17) is 11.6 Å². The monoisotopic (exact) mass is 243 g/mol. The van der Waals surface area contributed by atoms with Gasteiger partial charge in [-0.3, -0.25) is 9.91 Å². The summed E-state index contributed by atoms with van der Waals surface area (Å²) in [5.41, 5.74) is 1.36. The smallest absolute Gasteiger partial charge is 0.108 e. The van der Waals surface area contributed by atoms with Gasteiger partial charge in [0.25, 0.3) is 0 Å². The number of nitrogens with one attached hydrogen (secondary N) is 1. The molecule has 0 aromatic heterocycles. The van der Waals surface area contributed by atoms with Crippen molar-refractivity contribution in [3.8, 4) is 0 Å². The van der Waals surface area contributed by atoms with Crippen molar-refractivity contribution in [2.75, 3.05) is 7.05 Å². The first kappa shape index (κ1) is 10.0. The molecule has 3 heterocycles. The Morgan fingerprint density at radius 2 is 2.40 bits per heavy atom. The molecule has 1 N–H and O–H groups in total. The molecule has 2 atom stereocenters. The topological polar surface area (TPSA) is 18.5 Å². The Morgan fingerprint density at radius 1 is 1.53 bits per heavy atom. The summed E-state index contributed by atoms with van der Waals surface area (Å²) in [6.07, 6.45) is 8.07. The van der Waals surface area contributed by atoms with E-state index in [0.717, 1.165) is 16.8 Å². The average Bonchev–Trinajstić information content (AvgIpc) is 2.70. The number of fused-ring (bicyclic) bond motifs is 2. The molecular formula is C10H14ClN3S. The van der Waals surface area contributed by atoms with Gasteiger partial charge < -0.3 is 0 Å². The number of likely N-dealkylation sites (N-methyl/N-ethyl adjacent to an activating group) is 1. The van der Waals surface area contributed by atoms with Gasteiger partial charge in [0.05, 0.1) is 0 Å². The van der Waals surface area contributed by atoms with Crippen molar-refractivity contribution in [2.45, 2.75) is 31.3 Å². The lowest BCUT2D eigenvalue weighted by Gasteiger charge is -2.33. The Bertz CT molecular complexity index is 342. The zero-order chi connectivity index (χ0) is 10.4. The van der Waals surface area contributed by atoms with Crippen LogP contribution in [0.5, 0.6) is 0 Å². The van der Waals surface area contributed by atoms with Crippen molar-refractivity contribution in [3.63, 3.8) is 0 Å². The SMILES string of the molecule is CN1C2C=C(N3C=C(Cl)SN3)CC1CC2. The van der Waals surface area contributed by atoms with Crippen molar-refractivity contribution in [1.29, 1.82) is 0 Å². The van der Waals surface area contributed by atoms with Gasteiger partial charge in [0, 0.05) is 30.4 Å². The van der Waals surface area contributed by atoms with Gasteiger partial charge in [-0.1, -0.05) is 11.6 Å². The average molecular weight is 244 g/mol. The van der Waals surface area contributed by atoms with Crippen LogP contribution < -0.4 is 4.83 Å². The largest absolute Gasteiger partial charge is 0.297 e. The van der Waals surface area contributed by atoms with E-state index in [2.05, 4.69) is 27.9 Å². The second kappa shape index (κ2) is 3.70. The molecule has 2 bridgehead atoms. The van der Waals surface area contributed by atoms with Crippen LogP contribution in [0.25, 0.3) is 0 Å². The number of rotatable bonds is 1. The predicted octanol–water partition coefficient (Wildman–Crippen LogP) is 2.24. The maximum Gasteiger partial charge on any atom is 0.108 e. The number of hydrogen-bond acceptors (Lipinski definition) is 4. The summed E-state index contributed by atoms with van der Waals surface area (Å²) in [6, 6.07) is 1.34. The molecule has 0 saturated carbocycles. The standard InChI is InChI=1S/C10H14ClN3S/c1-13-7-2-3-8(13)5-9(4-7)14-6-10(11)15-12-14/h4,6-8,12H,2-3,5H2,1H3. The van der Waals surface area contributed by atoms with Crippen LogP contribution in [0.4, 0.5) is 0 Å². The second-order valence-electron chi connectivity index (χ2n) is 4.32. The highest BCUT2D eigenvalue weighted by Crippen LogP contribution is 2.36. The molecule has 0 aromatic carbocycles. The summed E-state index contributed by atoms with van der Waals surface area (Å²) in [6.45, 7) is 0. The molecular weight excluding hydrogens is 230 g/mol. The second-order valence-corrected chi connectivity index (χ2v) is 5.78. The zero-order valence-corrected chi connectivity index (χ0v) is 10.2. The van der Waals surface area contributed by atoms with E-state index in [1.807, 2.05) is 6.20 Å². The fourth-order valence-electron chi connectivity index (χ4n) is 2.59. The molecule has 3 aliphatic rings. The van der Waals surface area contributed by atoms with E-state index < -0.39 is 0 Å². The predicted molar refractivity (Wildman–Crippen MR) is 63.8 cm³/mol. The van der Waals surface area contributed by atoms with Crippen LogP contribution in [0.2, 0.25) is 0 Å². The first-order valence-corrected chi connectivity index (χ1v) is 6.45. The molecule has 3 nitrogen and oxygen atoms in total. The van der Waals surface area contributed by atoms with E-state index >= 15 is 0 Å². The lowest BCUT2D eigenvalue weighted by atomic mass is 10.1. The first-order valence-electron chi connectivity index (χ1n) is 5.26. The van der Waals surface area contributed by atoms with Crippen molar-refractivity contribution in [3.05, 3.63) is 22.3 Å². The Morgan fingerprint density at radius 3 is 3.07 bits per heavy atom. The lowest BCUT2D eigenvalue weighted by Crippen LogP contribution is -2.39. The van der Waals surface area contributed by atoms with E-state index in [0.29, 0.717) is 6.04 Å². The molecule has 82 valence electrons. The van der Waals surface area contributed by atoms with Crippen molar-refractivity contribution in [1.82, 2.24) is 14.7 Å². The van der Waals surface area contributed by atoms with Crippen LogP contribution in [0.15, 0.2) is 22.3 Å². The number of hydrazine groups is 1. The molecule has 3 aliphatic heterocycles. The van der Waals surface area contributed by atoms with Gasteiger partial charge in [0.15, 0.2) is 0 Å². The third-order valence-electron chi connectivity index (χ3n) is 3.51. The molecule has 15 heavy (non-hydrogen) atoms. The molecule has 1 saturated heterocycles. The Labute approximate surface area is 99.2 Å². The molecule has 0 amide bonds. The van der Waals surface area contributed by atoms with Gasteiger partial charge in [-0.05, 0) is 37.9 Å². The summed E-state index contributed by atoms with van der Waals surface area (Å²) in [5.74, 6) is 0. The van der Waals surface area contributed by atoms with Gasteiger partial charge in [0.1, 0.15) is 4.36 Å². The molecule has 0 spiro atoms. The van der Waals surface area contributed by atoms with Crippen molar-refractivity contribution < 1.29 is 0 Å². The van der Waals surface area contributed by atoms with Gasteiger partial charge in [0.2, 0.25) is 0 Å². The molecule has 5 heteroatoms. The van der Waals surface area contributed by atoms with Crippen molar-refractivity contribution in [2.24, 2.45) is 0 Å². The molecule has 1 fully saturated rings. The minimum Gasteiger partial charge on any atom is -0.297 e. The third kappa shape index (κ3) is 1.69. The highest BCUT2D eigenvalue weighted by molar-refractivity contribution is 8.02. The number of nitrogens with zero attached hydrogens (tertiary/aromatic N) is 2. The summed E-state index contributed by atoms with van der Waals surface area (Å²) in [7, 11) is 2.23. The first-order chi connectivity index (χ1) is 7.24. The van der Waals surface area contributed by atoms with Crippen molar-refractivity contribution >= 4 is 23.5 Å². The van der Waals surface area contributed by atoms with Gasteiger partial charge in [-0.2, -0.15) is 4.83 Å². The minimum atomic E-state index is 0.623. The molecule has 0 aliphatic carbocycles. The zero-order valence-electron chi connectivity index (χ0n) is 8.61. The van der Waals surface area contributed by atoms with E-state index in [1.54, 1.807) is 0 Å². The molecule has 0 radical (unpaired) electrons. The normalized spacial score (nSPS) is 35.7. The fraction of sp³-hybridized carbons (Fsp3) is 0.600. The summed E-state index contributed by atoms with van der Waals surface area (Å²) in [5, 5.41) is 2.06. The molecule has 0 aromatic rings. The van der Waals surface area contributed by atoms with Crippen LogP contribution in [0, 0.1) is 0 Å². The van der Waals surface area contributed by atoms with Gasteiger partial charge >= 0.3 is 0 Å². The molecule has 3 rings (SSSR count). The quantitative estimate of drug-likeness (QED) is 0.712. The number of halogens is 1. The van der Waals surface area contributed by atoms with E-state index in [1.165, 1.54) is 30.5 Å². The lowest BCUT2D eigenvalue weighted by molar-refractivity contribution is 0.232. The van der Waals surface area contributed by atoms with Crippen LogP contribution in [0.1, 0.15) is 19.3 Å². The maximum absolute atomic E-state index is 5.93. The van der Waals surface area contributed by atoms with Gasteiger partial charge in [-0.15, -0.1) is 0 Å². The van der Waals surface area contributed by atoms with Crippen LogP contribution in [-0.4, -0.2) is 29.0 Å². The summed E-state index contributed by atoms with van der Waals surface area (Å²) < 4.78 is 0.808. The van der Waals surface area contributed by atoms with Crippen LogP contribution >= 0.6 is 23.5 Å². The van der Waals surface area contributed by atoms with E-state index in [-0.39, 0.29) is 0 Å². The number of hydrogen-bond donors (Lipinski definition) is 1. The van der Waals surface area contributed by atoms with Gasteiger partial charge in [-0.25, -0.2) is 0 Å². The Hall–Kier alpha value is -0.160. The van der Waals surface area contributed by atoms with Crippen LogP contribution in [0.3, 0.4) is 0 Å². The highest BCUT2D eigenvalue weighted by Gasteiger charge is 2.35. The van der Waals surface area contributed by atoms with Crippen LogP contribution in [-0.2, 0) is 0 Å². The summed E-state index contributed by atoms with van der Waals surface area (Å²) >= 11 is 7.40. The van der Waals surface area contributed by atoms with E-state index in [9.17, 15) is 0 Å². The molecule has 2 unspecified atom stereocenters.